The molecule has 0 aliphatic carbocycles. The van der Waals surface area contributed by atoms with Gasteiger partial charge in [-0.25, -0.2) is 4.57 Å². The number of phosphoric ester groups is 1. The van der Waals surface area contributed by atoms with Gasteiger partial charge in [-0.15, -0.1) is 0 Å². The van der Waals surface area contributed by atoms with Crippen molar-refractivity contribution in [1.82, 2.24) is 5.32 Å². The molecule has 0 bridgehead atoms. The van der Waals surface area contributed by atoms with E-state index in [0.717, 1.165) is 70.6 Å². The molecular formula is C70H134N2O7P+. The van der Waals surface area contributed by atoms with Crippen LogP contribution < -0.4 is 5.32 Å². The molecule has 0 aromatic heterocycles. The third kappa shape index (κ3) is 60.6. The van der Waals surface area contributed by atoms with Crippen LogP contribution in [0.25, 0.3) is 0 Å². The second-order valence-electron chi connectivity index (χ2n) is 24.7. The summed E-state index contributed by atoms with van der Waals surface area (Å²) in [7, 11) is 1.50. The zero-order valence-electron chi connectivity index (χ0n) is 53.8. The highest BCUT2D eigenvalue weighted by atomic mass is 31.2. The fourth-order valence-electron chi connectivity index (χ4n) is 10.2. The third-order valence-electron chi connectivity index (χ3n) is 15.5. The van der Waals surface area contributed by atoms with E-state index in [1.54, 1.807) is 0 Å². The molecule has 0 rings (SSSR count). The van der Waals surface area contributed by atoms with Crippen LogP contribution in [0.2, 0.25) is 0 Å². The van der Waals surface area contributed by atoms with Crippen molar-refractivity contribution in [3.05, 3.63) is 48.6 Å². The van der Waals surface area contributed by atoms with E-state index in [4.69, 9.17) is 13.8 Å². The lowest BCUT2D eigenvalue weighted by molar-refractivity contribution is -0.870. The van der Waals surface area contributed by atoms with Gasteiger partial charge in [0.2, 0.25) is 5.91 Å². The second-order valence-corrected chi connectivity index (χ2v) is 26.2. The highest BCUT2D eigenvalue weighted by Gasteiger charge is 2.30. The Balaban J connectivity index is 5.11. The summed E-state index contributed by atoms with van der Waals surface area (Å²) in [5, 5.41) is 3.07. The van der Waals surface area contributed by atoms with E-state index in [0.29, 0.717) is 23.9 Å². The molecule has 80 heavy (non-hydrogen) atoms. The fraction of sp³-hybridized carbons (Fsp3) is 0.857. The first-order valence-corrected chi connectivity index (χ1v) is 36.0. The molecule has 0 saturated carbocycles. The van der Waals surface area contributed by atoms with Crippen molar-refractivity contribution in [3.8, 4) is 0 Å². The quantitative estimate of drug-likeness (QED) is 0.0205. The molecule has 0 aliphatic heterocycles. The van der Waals surface area contributed by atoms with Crippen LogP contribution in [-0.2, 0) is 27.9 Å². The van der Waals surface area contributed by atoms with Crippen LogP contribution >= 0.6 is 7.82 Å². The molecule has 0 heterocycles. The van der Waals surface area contributed by atoms with Gasteiger partial charge in [0, 0.05) is 12.8 Å². The average molecular weight is 1150 g/mol. The van der Waals surface area contributed by atoms with Gasteiger partial charge >= 0.3 is 13.8 Å². The lowest BCUT2D eigenvalue weighted by Gasteiger charge is -2.27. The number of ether oxygens (including phenoxy) is 1. The molecule has 0 spiro atoms. The molecular weight excluding hydrogens is 1010 g/mol. The summed E-state index contributed by atoms with van der Waals surface area (Å²) >= 11 is 0. The van der Waals surface area contributed by atoms with Gasteiger partial charge in [-0.1, -0.05) is 301 Å². The summed E-state index contributed by atoms with van der Waals surface area (Å²) in [6.07, 6.45) is 75.4. The lowest BCUT2D eigenvalue weighted by atomic mass is 10.0. The lowest BCUT2D eigenvalue weighted by Crippen LogP contribution is -2.47. The second kappa shape index (κ2) is 60.1. The number of unbranched alkanes of at least 4 members (excludes halogenated alkanes) is 41. The molecule has 1 amide bonds. The number of quaternary nitrogens is 1. The molecule has 0 aromatic rings. The monoisotopic (exact) mass is 1150 g/mol. The number of esters is 1. The van der Waals surface area contributed by atoms with Crippen molar-refractivity contribution >= 4 is 19.7 Å². The van der Waals surface area contributed by atoms with Crippen LogP contribution in [0.1, 0.15) is 335 Å². The van der Waals surface area contributed by atoms with E-state index < -0.39 is 20.0 Å². The molecule has 0 saturated heterocycles. The molecule has 3 unspecified atom stereocenters. The smallest absolute Gasteiger partial charge is 0.456 e. The maximum atomic E-state index is 13.6. The number of nitrogens with one attached hydrogen (secondary N) is 1. The number of hydrogen-bond acceptors (Lipinski definition) is 6. The van der Waals surface area contributed by atoms with Crippen LogP contribution in [0.3, 0.4) is 0 Å². The largest absolute Gasteiger partial charge is 0.472 e. The average Bonchev–Trinajstić information content (AvgIpc) is 3.42. The molecule has 9 nitrogen and oxygen atoms in total. The Morgan fingerprint density at radius 2 is 0.762 bits per heavy atom. The predicted octanol–water partition coefficient (Wildman–Crippen LogP) is 21.6. The van der Waals surface area contributed by atoms with Crippen LogP contribution in [0.4, 0.5) is 0 Å². The van der Waals surface area contributed by atoms with Crippen molar-refractivity contribution in [2.24, 2.45) is 0 Å². The summed E-state index contributed by atoms with van der Waals surface area (Å²) in [5.74, 6) is -0.494. The van der Waals surface area contributed by atoms with Crippen molar-refractivity contribution in [1.29, 1.82) is 0 Å². The Morgan fingerprint density at radius 1 is 0.438 bits per heavy atom. The zero-order valence-corrected chi connectivity index (χ0v) is 54.7. The first-order valence-electron chi connectivity index (χ1n) is 34.5. The van der Waals surface area contributed by atoms with Gasteiger partial charge in [0.25, 0.3) is 0 Å². The number of carbonyl (C=O) groups is 2. The first-order chi connectivity index (χ1) is 38.9. The van der Waals surface area contributed by atoms with Gasteiger partial charge in [-0.05, 0) is 70.3 Å². The van der Waals surface area contributed by atoms with Crippen molar-refractivity contribution in [2.75, 3.05) is 40.9 Å². The number of hydrogen-bond donors (Lipinski definition) is 2. The topological polar surface area (TPSA) is 111 Å². The summed E-state index contributed by atoms with van der Waals surface area (Å²) in [6, 6.07) is -0.849. The number of amides is 1. The van der Waals surface area contributed by atoms with E-state index in [1.165, 1.54) is 231 Å². The molecule has 0 fully saturated rings. The predicted molar refractivity (Wildman–Crippen MR) is 346 cm³/mol. The standard InChI is InChI=1S/C70H133N2O7P/c1-7-10-13-16-19-22-25-28-30-32-34-35-36-37-39-40-42-44-47-50-53-56-59-62-69(73)71-67(66-78-80(75,76)77-65-64-72(4,5)6)68(61-58-55-52-49-46-27-24-21-18-15-12-9-3)79-70(74)63-60-57-54-51-48-45-43-41-38-33-31-29-26-23-20-17-14-11-8-2/h19,22,28,30,34-35,58,61,67-68H,7-18,20-21,23-27,29,31-33,36-57,59-60,62-66H2,1-6H3,(H-,71,73,75,76)/p+1/b22-19-,30-28-,35-34-,61-58+. The van der Waals surface area contributed by atoms with Gasteiger partial charge in [-0.3, -0.25) is 18.6 Å². The SMILES string of the molecule is CCCCC/C=C\C/C=C\C/C=C\CCCCCCCCCCCCC(=O)NC(COP(=O)(O)OCC[N+](C)(C)C)C(/C=C/CCCCCCCCCCCC)OC(=O)CCCCCCCCCCCCCCCCCCCCC. The van der Waals surface area contributed by atoms with Gasteiger partial charge in [0.05, 0.1) is 33.8 Å². The molecule has 2 N–H and O–H groups in total. The number of likely N-dealkylation sites (N-methyl/N-ethyl adjacent to an activating group) is 1. The Morgan fingerprint density at radius 3 is 1.16 bits per heavy atom. The molecule has 3 atom stereocenters. The van der Waals surface area contributed by atoms with E-state index in [-0.39, 0.29) is 25.1 Å². The van der Waals surface area contributed by atoms with E-state index in [2.05, 4.69) is 62.5 Å². The number of nitrogens with zero attached hydrogens (tertiary/aromatic N) is 1. The molecule has 470 valence electrons. The Bertz CT molecular complexity index is 1510. The number of rotatable bonds is 63. The molecule has 0 aromatic carbocycles. The summed E-state index contributed by atoms with van der Waals surface area (Å²) in [5.41, 5.74) is 0. The fourth-order valence-corrected chi connectivity index (χ4v) is 10.9. The summed E-state index contributed by atoms with van der Waals surface area (Å²) in [4.78, 5) is 37.8. The zero-order chi connectivity index (χ0) is 58.6. The van der Waals surface area contributed by atoms with Crippen LogP contribution in [0.15, 0.2) is 48.6 Å². The Labute approximate surface area is 497 Å². The number of carbonyl (C=O) groups excluding carboxylic acids is 2. The highest BCUT2D eigenvalue weighted by molar-refractivity contribution is 7.47. The minimum absolute atomic E-state index is 0.0409. The van der Waals surface area contributed by atoms with Gasteiger partial charge in [-0.2, -0.15) is 0 Å². The van der Waals surface area contributed by atoms with Gasteiger partial charge in [0.15, 0.2) is 0 Å². The van der Waals surface area contributed by atoms with Gasteiger partial charge < -0.3 is 19.4 Å². The van der Waals surface area contributed by atoms with Crippen molar-refractivity contribution < 1.29 is 37.3 Å². The minimum Gasteiger partial charge on any atom is -0.456 e. The van der Waals surface area contributed by atoms with Crippen molar-refractivity contribution in [2.45, 2.75) is 348 Å². The van der Waals surface area contributed by atoms with E-state index in [1.807, 2.05) is 33.3 Å². The van der Waals surface area contributed by atoms with Crippen LogP contribution in [-0.4, -0.2) is 74.3 Å². The van der Waals surface area contributed by atoms with Crippen LogP contribution in [0.5, 0.6) is 0 Å². The Kier molecular flexibility index (Phi) is 58.6. The maximum Gasteiger partial charge on any atom is 0.472 e. The summed E-state index contributed by atoms with van der Waals surface area (Å²) in [6.45, 7) is 7.03. The molecule has 0 aliphatic rings. The van der Waals surface area contributed by atoms with Crippen molar-refractivity contribution in [3.63, 3.8) is 0 Å². The normalized spacial score (nSPS) is 13.8. The third-order valence-corrected chi connectivity index (χ3v) is 16.5. The van der Waals surface area contributed by atoms with Gasteiger partial charge in [0.1, 0.15) is 19.3 Å². The first kappa shape index (κ1) is 78.0. The Hall–Kier alpha value is -2.03. The molecule has 10 heteroatoms. The van der Waals surface area contributed by atoms with Crippen LogP contribution in [0, 0.1) is 0 Å². The highest BCUT2D eigenvalue weighted by Crippen LogP contribution is 2.43. The number of allylic oxidation sites excluding steroid dienone is 7. The molecule has 0 radical (unpaired) electrons. The van der Waals surface area contributed by atoms with E-state index >= 15 is 0 Å². The minimum atomic E-state index is -4.45. The summed E-state index contributed by atoms with van der Waals surface area (Å²) < 4.78 is 30.8. The van der Waals surface area contributed by atoms with E-state index in [9.17, 15) is 19.0 Å². The number of phosphoric acid groups is 1. The maximum absolute atomic E-state index is 13.6.